The molecule has 0 unspecified atom stereocenters. The molecule has 0 aliphatic rings. The Kier molecular flexibility index (Phi) is 11.0. The van der Waals surface area contributed by atoms with Crippen LogP contribution in [0.1, 0.15) is 53.5 Å². The van der Waals surface area contributed by atoms with Crippen LogP contribution in [0.2, 0.25) is 18.1 Å². The highest BCUT2D eigenvalue weighted by molar-refractivity contribution is 6.74. The van der Waals surface area contributed by atoms with Gasteiger partial charge in [-0.3, -0.25) is 4.79 Å². The van der Waals surface area contributed by atoms with E-state index in [9.17, 15) is 14.7 Å². The number of carbonyl (C=O) groups is 2. The van der Waals surface area contributed by atoms with Crippen molar-refractivity contribution in [1.82, 2.24) is 10.6 Å². The SMILES string of the molecule is C=CC[C@@H](O)[C@H](CO[Si](C)(C)C(C)(C)C)NC(=O)[C@H](Cc1ccccc1)NC(=O)OC(C)(C)C. The van der Waals surface area contributed by atoms with E-state index in [0.29, 0.717) is 6.42 Å². The fourth-order valence-corrected chi connectivity index (χ4v) is 3.92. The minimum absolute atomic E-state index is 0.0148. The van der Waals surface area contributed by atoms with Crippen LogP contribution in [-0.2, 0) is 20.4 Å². The molecule has 192 valence electrons. The van der Waals surface area contributed by atoms with Crippen molar-refractivity contribution in [3.05, 3.63) is 48.6 Å². The number of rotatable bonds is 11. The third-order valence-corrected chi connectivity index (χ3v) is 10.4. The fourth-order valence-electron chi connectivity index (χ4n) is 2.89. The molecule has 0 spiro atoms. The Morgan fingerprint density at radius 1 is 1.09 bits per heavy atom. The summed E-state index contributed by atoms with van der Waals surface area (Å²) in [6, 6.07) is 7.88. The van der Waals surface area contributed by atoms with E-state index in [1.165, 1.54) is 0 Å². The van der Waals surface area contributed by atoms with Crippen molar-refractivity contribution >= 4 is 20.3 Å². The number of benzene rings is 1. The fraction of sp³-hybridized carbons (Fsp3) is 0.615. The first-order valence-corrected chi connectivity index (χ1v) is 14.7. The second-order valence-electron chi connectivity index (χ2n) is 11.2. The lowest BCUT2D eigenvalue weighted by atomic mass is 10.0. The van der Waals surface area contributed by atoms with Crippen LogP contribution in [0, 0.1) is 0 Å². The lowest BCUT2D eigenvalue weighted by Crippen LogP contribution is -2.56. The summed E-state index contributed by atoms with van der Waals surface area (Å²) in [4.78, 5) is 25.8. The molecule has 3 N–H and O–H groups in total. The predicted octanol–water partition coefficient (Wildman–Crippen LogP) is 4.57. The smallest absolute Gasteiger partial charge is 0.408 e. The van der Waals surface area contributed by atoms with Gasteiger partial charge in [0, 0.05) is 6.42 Å². The molecule has 7 nitrogen and oxygen atoms in total. The largest absolute Gasteiger partial charge is 0.444 e. The van der Waals surface area contributed by atoms with Gasteiger partial charge in [0.05, 0.1) is 18.8 Å². The van der Waals surface area contributed by atoms with Crippen molar-refractivity contribution in [2.45, 2.75) is 96.3 Å². The molecule has 0 saturated heterocycles. The summed E-state index contributed by atoms with van der Waals surface area (Å²) in [5.74, 6) is -0.415. The van der Waals surface area contributed by atoms with Crippen molar-refractivity contribution in [3.8, 4) is 0 Å². The molecule has 0 aromatic heterocycles. The highest BCUT2D eigenvalue weighted by Gasteiger charge is 2.38. The molecule has 0 saturated carbocycles. The van der Waals surface area contributed by atoms with Gasteiger partial charge in [0.1, 0.15) is 11.6 Å². The second-order valence-corrected chi connectivity index (χ2v) is 16.0. The number of alkyl carbamates (subject to hydrolysis) is 1. The average Bonchev–Trinajstić information content (AvgIpc) is 2.69. The van der Waals surface area contributed by atoms with Gasteiger partial charge >= 0.3 is 6.09 Å². The summed E-state index contributed by atoms with van der Waals surface area (Å²) in [7, 11) is -2.11. The molecule has 0 heterocycles. The molecule has 34 heavy (non-hydrogen) atoms. The molecule has 0 fully saturated rings. The number of nitrogens with one attached hydrogen (secondary N) is 2. The highest BCUT2D eigenvalue weighted by atomic mass is 28.4. The summed E-state index contributed by atoms with van der Waals surface area (Å²) >= 11 is 0. The Hall–Kier alpha value is -2.16. The third kappa shape index (κ3) is 10.4. The van der Waals surface area contributed by atoms with Crippen LogP contribution in [0.5, 0.6) is 0 Å². The summed E-state index contributed by atoms with van der Waals surface area (Å²) < 4.78 is 11.7. The lowest BCUT2D eigenvalue weighted by Gasteiger charge is -2.38. The van der Waals surface area contributed by atoms with Crippen molar-refractivity contribution in [1.29, 1.82) is 0 Å². The van der Waals surface area contributed by atoms with Gasteiger partial charge in [-0.15, -0.1) is 6.58 Å². The van der Waals surface area contributed by atoms with Gasteiger partial charge < -0.3 is 24.9 Å². The molecule has 0 bridgehead atoms. The van der Waals surface area contributed by atoms with E-state index >= 15 is 0 Å². The second kappa shape index (κ2) is 12.5. The van der Waals surface area contributed by atoms with E-state index in [-0.39, 0.29) is 18.1 Å². The Morgan fingerprint density at radius 2 is 1.68 bits per heavy atom. The van der Waals surface area contributed by atoms with E-state index in [4.69, 9.17) is 9.16 Å². The zero-order valence-corrected chi connectivity index (χ0v) is 23.1. The maximum absolute atomic E-state index is 13.3. The molecule has 0 aliphatic carbocycles. The van der Waals surface area contributed by atoms with Gasteiger partial charge in [-0.05, 0) is 50.9 Å². The Balaban J connectivity index is 3.07. The third-order valence-electron chi connectivity index (χ3n) is 5.92. The number of amides is 2. The highest BCUT2D eigenvalue weighted by Crippen LogP contribution is 2.36. The van der Waals surface area contributed by atoms with Gasteiger partial charge in [-0.1, -0.05) is 57.2 Å². The molecular formula is C26H44N2O5Si. The van der Waals surface area contributed by atoms with Crippen LogP contribution in [0.4, 0.5) is 4.79 Å². The first-order valence-electron chi connectivity index (χ1n) is 11.8. The number of aliphatic hydroxyl groups is 1. The van der Waals surface area contributed by atoms with Crippen LogP contribution >= 0.6 is 0 Å². The number of ether oxygens (including phenoxy) is 1. The Bertz CT molecular complexity index is 800. The van der Waals surface area contributed by atoms with Crippen LogP contribution in [0.3, 0.4) is 0 Å². The lowest BCUT2D eigenvalue weighted by molar-refractivity contribution is -0.125. The number of hydrogen-bond donors (Lipinski definition) is 3. The molecule has 0 aliphatic heterocycles. The molecule has 1 aromatic carbocycles. The van der Waals surface area contributed by atoms with Crippen molar-refractivity contribution < 1.29 is 23.9 Å². The molecular weight excluding hydrogens is 448 g/mol. The van der Waals surface area contributed by atoms with E-state index in [0.717, 1.165) is 5.56 Å². The van der Waals surface area contributed by atoms with Crippen LogP contribution in [0.25, 0.3) is 0 Å². The predicted molar refractivity (Wildman–Crippen MR) is 139 cm³/mol. The molecule has 0 radical (unpaired) electrons. The quantitative estimate of drug-likeness (QED) is 0.311. The number of carbonyl (C=O) groups excluding carboxylic acids is 2. The zero-order valence-electron chi connectivity index (χ0n) is 22.1. The molecule has 1 aromatic rings. The first kappa shape index (κ1) is 29.9. The Morgan fingerprint density at radius 3 is 2.18 bits per heavy atom. The maximum atomic E-state index is 13.3. The number of aliphatic hydroxyl groups excluding tert-OH is 1. The van der Waals surface area contributed by atoms with Crippen LogP contribution < -0.4 is 10.6 Å². The summed E-state index contributed by atoms with van der Waals surface area (Å²) in [5, 5.41) is 16.3. The van der Waals surface area contributed by atoms with Crippen molar-refractivity contribution in [2.75, 3.05) is 6.61 Å². The maximum Gasteiger partial charge on any atom is 0.408 e. The van der Waals surface area contributed by atoms with Gasteiger partial charge in [-0.25, -0.2) is 4.79 Å². The van der Waals surface area contributed by atoms with Gasteiger partial charge in [0.15, 0.2) is 8.32 Å². The normalized spacial score (nSPS) is 15.1. The van der Waals surface area contributed by atoms with E-state index in [1.807, 2.05) is 30.3 Å². The van der Waals surface area contributed by atoms with Gasteiger partial charge in [0.25, 0.3) is 0 Å². The molecule has 1 rings (SSSR count). The van der Waals surface area contributed by atoms with E-state index < -0.39 is 44.1 Å². The summed E-state index contributed by atoms with van der Waals surface area (Å²) in [6.45, 7) is 19.8. The van der Waals surface area contributed by atoms with Crippen LogP contribution in [0.15, 0.2) is 43.0 Å². The molecule has 8 heteroatoms. The molecule has 2 amide bonds. The van der Waals surface area contributed by atoms with E-state index in [1.54, 1.807) is 26.8 Å². The zero-order chi connectivity index (χ0) is 26.2. The summed E-state index contributed by atoms with van der Waals surface area (Å²) in [5.41, 5.74) is 0.191. The monoisotopic (exact) mass is 492 g/mol. The minimum Gasteiger partial charge on any atom is -0.444 e. The van der Waals surface area contributed by atoms with Crippen molar-refractivity contribution in [3.63, 3.8) is 0 Å². The van der Waals surface area contributed by atoms with Crippen molar-refractivity contribution in [2.24, 2.45) is 0 Å². The first-order chi connectivity index (χ1) is 15.6. The topological polar surface area (TPSA) is 96.9 Å². The van der Waals surface area contributed by atoms with E-state index in [2.05, 4.69) is 51.1 Å². The Labute approximate surface area is 206 Å². The standard InChI is InChI=1S/C26H44N2O5Si/c1-10-14-22(29)21(18-32-34(8,9)26(5,6)7)27-23(30)20(17-19-15-12-11-13-16-19)28-24(31)33-25(2,3)4/h10-13,15-16,20-22,29H,1,14,17-18H2,2-9H3,(H,27,30)(H,28,31)/t20-,21-,22+/m0/s1. The van der Waals surface area contributed by atoms with Crippen LogP contribution in [-0.4, -0.2) is 55.8 Å². The summed E-state index contributed by atoms with van der Waals surface area (Å²) in [6.07, 6.45) is 0.638. The van der Waals surface area contributed by atoms with Gasteiger partial charge in [0.2, 0.25) is 5.91 Å². The molecule has 3 atom stereocenters. The average molecular weight is 493 g/mol. The number of hydrogen-bond acceptors (Lipinski definition) is 5. The van der Waals surface area contributed by atoms with Gasteiger partial charge in [-0.2, -0.15) is 0 Å². The minimum atomic E-state index is -2.11.